The van der Waals surface area contributed by atoms with Crippen molar-refractivity contribution in [3.05, 3.63) is 11.8 Å². The summed E-state index contributed by atoms with van der Waals surface area (Å²) in [6.45, 7) is 1.86. The van der Waals surface area contributed by atoms with Gasteiger partial charge in [0.15, 0.2) is 0 Å². The molecule has 0 aromatic carbocycles. The van der Waals surface area contributed by atoms with Crippen molar-refractivity contribution >= 4 is 5.97 Å². The van der Waals surface area contributed by atoms with Crippen molar-refractivity contribution in [3.8, 4) is 0 Å². The van der Waals surface area contributed by atoms with Crippen LogP contribution in [0.25, 0.3) is 0 Å². The minimum absolute atomic E-state index is 0.0556. The first-order valence-electron chi connectivity index (χ1n) is 2.59. The Bertz CT molecular complexity index is 131. The van der Waals surface area contributed by atoms with E-state index >= 15 is 0 Å². The zero-order valence-electron chi connectivity index (χ0n) is 5.26. The molecular weight excluding hydrogens is 120 g/mol. The first-order chi connectivity index (χ1) is 4.22. The Morgan fingerprint density at radius 2 is 2.33 bits per heavy atom. The van der Waals surface area contributed by atoms with Crippen LogP contribution in [0.3, 0.4) is 0 Å². The quantitative estimate of drug-likeness (QED) is 0.396. The molecule has 4 nitrogen and oxygen atoms in total. The minimum Gasteiger partial charge on any atom is -0.393 e. The number of nitrogens with two attached hydrogens (primary N) is 2. The van der Waals surface area contributed by atoms with E-state index < -0.39 is 5.97 Å². The van der Waals surface area contributed by atoms with Crippen molar-refractivity contribution < 1.29 is 9.63 Å². The maximum absolute atomic E-state index is 10.4. The van der Waals surface area contributed by atoms with Crippen LogP contribution in [0.2, 0.25) is 0 Å². The maximum Gasteiger partial charge on any atom is 0.372 e. The van der Waals surface area contributed by atoms with Crippen LogP contribution in [0.15, 0.2) is 11.8 Å². The van der Waals surface area contributed by atoms with Crippen LogP contribution in [0.1, 0.15) is 13.3 Å². The van der Waals surface area contributed by atoms with Gasteiger partial charge in [0.25, 0.3) is 0 Å². The standard InChI is InChI=1S/C5H10N2O2/c1-2-3-4(6)5(8)9-7/h3H,2,6-7H2,1H3. The molecule has 0 saturated heterocycles. The third kappa shape index (κ3) is 2.71. The van der Waals surface area contributed by atoms with Crippen molar-refractivity contribution in [1.82, 2.24) is 0 Å². The molecule has 0 unspecified atom stereocenters. The van der Waals surface area contributed by atoms with Gasteiger partial charge in [-0.15, -0.1) is 0 Å². The molecule has 0 aliphatic rings. The van der Waals surface area contributed by atoms with Gasteiger partial charge in [0.1, 0.15) is 5.70 Å². The monoisotopic (exact) mass is 130 g/mol. The van der Waals surface area contributed by atoms with Crippen LogP contribution in [-0.4, -0.2) is 5.97 Å². The summed E-state index contributed by atoms with van der Waals surface area (Å²) in [6.07, 6.45) is 2.23. The molecular formula is C5H10N2O2. The third-order valence-electron chi connectivity index (χ3n) is 0.767. The van der Waals surface area contributed by atoms with Crippen LogP contribution in [0, 0.1) is 0 Å². The molecule has 9 heavy (non-hydrogen) atoms. The van der Waals surface area contributed by atoms with Gasteiger partial charge in [-0.05, 0) is 6.42 Å². The molecule has 0 rings (SSSR count). The number of hydrogen-bond acceptors (Lipinski definition) is 4. The Kier molecular flexibility index (Phi) is 3.46. The molecule has 0 aliphatic heterocycles. The summed E-state index contributed by atoms with van der Waals surface area (Å²) in [5, 5.41) is 0. The van der Waals surface area contributed by atoms with Gasteiger partial charge in [-0.2, -0.15) is 5.90 Å². The van der Waals surface area contributed by atoms with E-state index in [1.807, 2.05) is 6.92 Å². The normalized spacial score (nSPS) is 11.1. The topological polar surface area (TPSA) is 78.3 Å². The highest BCUT2D eigenvalue weighted by Gasteiger charge is 2.01. The Morgan fingerprint density at radius 1 is 1.78 bits per heavy atom. The second-order valence-electron chi connectivity index (χ2n) is 1.47. The van der Waals surface area contributed by atoms with E-state index in [1.165, 1.54) is 6.08 Å². The van der Waals surface area contributed by atoms with Crippen LogP contribution in [0.5, 0.6) is 0 Å². The predicted octanol–water partition coefficient (Wildman–Crippen LogP) is -0.344. The SMILES string of the molecule is CCC=C(N)C(=O)ON. The van der Waals surface area contributed by atoms with E-state index in [-0.39, 0.29) is 5.70 Å². The van der Waals surface area contributed by atoms with Gasteiger partial charge >= 0.3 is 5.97 Å². The molecule has 0 radical (unpaired) electrons. The second-order valence-corrected chi connectivity index (χ2v) is 1.47. The van der Waals surface area contributed by atoms with E-state index in [9.17, 15) is 4.79 Å². The first-order valence-corrected chi connectivity index (χ1v) is 2.59. The van der Waals surface area contributed by atoms with Gasteiger partial charge in [0.05, 0.1) is 0 Å². The Balaban J connectivity index is 3.86. The zero-order chi connectivity index (χ0) is 7.28. The molecule has 0 aromatic heterocycles. The number of hydrogen-bond donors (Lipinski definition) is 2. The van der Waals surface area contributed by atoms with Gasteiger partial charge in [0.2, 0.25) is 0 Å². The molecule has 0 spiro atoms. The lowest BCUT2D eigenvalue weighted by Crippen LogP contribution is -2.17. The van der Waals surface area contributed by atoms with Crippen molar-refractivity contribution in [3.63, 3.8) is 0 Å². The summed E-state index contributed by atoms with van der Waals surface area (Å²) in [5.41, 5.74) is 5.20. The van der Waals surface area contributed by atoms with Gasteiger partial charge in [-0.1, -0.05) is 13.0 Å². The lowest BCUT2D eigenvalue weighted by Gasteiger charge is -1.94. The summed E-state index contributed by atoms with van der Waals surface area (Å²) in [6, 6.07) is 0. The summed E-state index contributed by atoms with van der Waals surface area (Å²) in [4.78, 5) is 14.2. The number of carbonyl (C=O) groups is 1. The largest absolute Gasteiger partial charge is 0.393 e. The average Bonchev–Trinajstić information content (AvgIpc) is 1.87. The lowest BCUT2D eigenvalue weighted by atomic mass is 10.3. The van der Waals surface area contributed by atoms with E-state index in [0.29, 0.717) is 6.42 Å². The molecule has 4 N–H and O–H groups in total. The summed E-state index contributed by atoms with van der Waals surface area (Å²) in [7, 11) is 0. The molecule has 0 heterocycles. The highest BCUT2D eigenvalue weighted by Crippen LogP contribution is 1.88. The van der Waals surface area contributed by atoms with E-state index in [2.05, 4.69) is 10.7 Å². The maximum atomic E-state index is 10.4. The fourth-order valence-corrected chi connectivity index (χ4v) is 0.371. The summed E-state index contributed by atoms with van der Waals surface area (Å²) < 4.78 is 0. The zero-order valence-corrected chi connectivity index (χ0v) is 5.26. The predicted molar refractivity (Wildman–Crippen MR) is 32.8 cm³/mol. The number of carbonyl (C=O) groups excluding carboxylic acids is 1. The fourth-order valence-electron chi connectivity index (χ4n) is 0.371. The van der Waals surface area contributed by atoms with Crippen LogP contribution < -0.4 is 11.6 Å². The Labute approximate surface area is 53.4 Å². The summed E-state index contributed by atoms with van der Waals surface area (Å²) in [5.74, 6) is 3.85. The molecule has 0 aromatic rings. The van der Waals surface area contributed by atoms with Gasteiger partial charge in [0, 0.05) is 0 Å². The van der Waals surface area contributed by atoms with Crippen molar-refractivity contribution in [2.75, 3.05) is 0 Å². The average molecular weight is 130 g/mol. The Hall–Kier alpha value is -1.03. The Morgan fingerprint density at radius 3 is 2.67 bits per heavy atom. The first kappa shape index (κ1) is 7.97. The van der Waals surface area contributed by atoms with Crippen LogP contribution in [-0.2, 0) is 9.63 Å². The van der Waals surface area contributed by atoms with Gasteiger partial charge in [-0.3, -0.25) is 0 Å². The smallest absolute Gasteiger partial charge is 0.372 e. The summed E-state index contributed by atoms with van der Waals surface area (Å²) >= 11 is 0. The van der Waals surface area contributed by atoms with Gasteiger partial charge < -0.3 is 10.6 Å². The molecule has 0 saturated carbocycles. The molecule has 0 aliphatic carbocycles. The van der Waals surface area contributed by atoms with Crippen LogP contribution >= 0.6 is 0 Å². The van der Waals surface area contributed by atoms with E-state index in [1.54, 1.807) is 0 Å². The fraction of sp³-hybridized carbons (Fsp3) is 0.400. The molecule has 52 valence electrons. The third-order valence-corrected chi connectivity index (χ3v) is 0.767. The molecule has 0 fully saturated rings. The van der Waals surface area contributed by atoms with E-state index in [0.717, 1.165) is 0 Å². The second kappa shape index (κ2) is 3.91. The molecule has 4 heteroatoms. The minimum atomic E-state index is -0.683. The highest BCUT2D eigenvalue weighted by molar-refractivity contribution is 5.86. The van der Waals surface area contributed by atoms with Crippen molar-refractivity contribution in [1.29, 1.82) is 0 Å². The lowest BCUT2D eigenvalue weighted by molar-refractivity contribution is -0.139. The highest BCUT2D eigenvalue weighted by atomic mass is 16.7. The van der Waals surface area contributed by atoms with Crippen LogP contribution in [0.4, 0.5) is 0 Å². The molecule has 0 amide bonds. The number of allylic oxidation sites excluding steroid dienone is 1. The number of rotatable bonds is 2. The van der Waals surface area contributed by atoms with Gasteiger partial charge in [-0.25, -0.2) is 4.79 Å². The molecule has 0 atom stereocenters. The molecule has 0 bridgehead atoms. The van der Waals surface area contributed by atoms with Crippen molar-refractivity contribution in [2.24, 2.45) is 11.6 Å². The van der Waals surface area contributed by atoms with E-state index in [4.69, 9.17) is 5.73 Å². The van der Waals surface area contributed by atoms with Crippen molar-refractivity contribution in [2.45, 2.75) is 13.3 Å².